The molecule has 0 bridgehead atoms. The van der Waals surface area contributed by atoms with Gasteiger partial charge in [0, 0.05) is 46.3 Å². The summed E-state index contributed by atoms with van der Waals surface area (Å²) < 4.78 is 40.5. The lowest BCUT2D eigenvalue weighted by Crippen LogP contribution is -2.39. The number of nitrogens with zero attached hydrogens (tertiary/aromatic N) is 1. The van der Waals surface area contributed by atoms with Gasteiger partial charge in [0.05, 0.1) is 64.1 Å². The molecule has 1 saturated carbocycles. The lowest BCUT2D eigenvalue weighted by atomic mass is 9.79. The molecule has 9 heteroatoms. The first-order chi connectivity index (χ1) is 21.5. The molecule has 0 saturated heterocycles. The summed E-state index contributed by atoms with van der Waals surface area (Å²) in [5.74, 6) is 1.32. The Balaban J connectivity index is 1.45. The summed E-state index contributed by atoms with van der Waals surface area (Å²) in [7, 11) is 5.05. The summed E-state index contributed by atoms with van der Waals surface area (Å²) in [4.78, 5) is 2.38. The first-order valence-electron chi connectivity index (χ1n) is 16.1. The van der Waals surface area contributed by atoms with E-state index in [1.54, 1.807) is 21.3 Å². The fraction of sp³-hybridized carbons (Fsp3) is 0.657. The second-order valence-corrected chi connectivity index (χ2v) is 12.1. The van der Waals surface area contributed by atoms with E-state index in [4.69, 9.17) is 33.2 Å². The minimum atomic E-state index is -0.661. The summed E-state index contributed by atoms with van der Waals surface area (Å²) in [6.07, 6.45) is 3.10. The quantitative estimate of drug-likeness (QED) is 0.220. The van der Waals surface area contributed by atoms with Gasteiger partial charge in [-0.3, -0.25) is 0 Å². The number of methoxy groups -OCH3 is 3. The van der Waals surface area contributed by atoms with Gasteiger partial charge in [-0.1, -0.05) is 37.3 Å². The lowest BCUT2D eigenvalue weighted by molar-refractivity contribution is -0.0928. The van der Waals surface area contributed by atoms with Gasteiger partial charge in [0.1, 0.15) is 18.5 Å². The van der Waals surface area contributed by atoms with Crippen LogP contribution >= 0.6 is 0 Å². The molecule has 4 rings (SSSR count). The van der Waals surface area contributed by atoms with Crippen molar-refractivity contribution in [2.24, 2.45) is 5.92 Å². The number of ether oxygens (including phenoxy) is 7. The zero-order valence-corrected chi connectivity index (χ0v) is 27.1. The summed E-state index contributed by atoms with van der Waals surface area (Å²) >= 11 is 0. The van der Waals surface area contributed by atoms with Crippen molar-refractivity contribution in [3.05, 3.63) is 59.2 Å². The topological polar surface area (TPSA) is 88.1 Å². The van der Waals surface area contributed by atoms with Crippen molar-refractivity contribution in [2.75, 3.05) is 79.0 Å². The Labute approximate surface area is 263 Å². The van der Waals surface area contributed by atoms with Crippen LogP contribution < -0.4 is 9.64 Å². The van der Waals surface area contributed by atoms with E-state index in [1.165, 1.54) is 5.56 Å². The average Bonchev–Trinajstić information content (AvgIpc) is 3.03. The van der Waals surface area contributed by atoms with Crippen LogP contribution in [-0.4, -0.2) is 97.5 Å². The number of fused-ring (bicyclic) bond motifs is 1. The van der Waals surface area contributed by atoms with Crippen LogP contribution in [0.5, 0.6) is 5.75 Å². The van der Waals surface area contributed by atoms with Gasteiger partial charge in [-0.15, -0.1) is 0 Å². The second kappa shape index (κ2) is 18.7. The van der Waals surface area contributed by atoms with Gasteiger partial charge in [-0.2, -0.15) is 0 Å². The first-order valence-corrected chi connectivity index (χ1v) is 16.1. The number of benzene rings is 2. The van der Waals surface area contributed by atoms with Crippen LogP contribution in [0.15, 0.2) is 42.5 Å². The molecule has 2 aromatic rings. The molecule has 0 spiro atoms. The molecular formula is C35H53NO8. The maximum Gasteiger partial charge on any atom is 0.142 e. The van der Waals surface area contributed by atoms with E-state index in [0.717, 1.165) is 67.9 Å². The van der Waals surface area contributed by atoms with Crippen molar-refractivity contribution in [1.82, 2.24) is 0 Å². The molecule has 0 radical (unpaired) electrons. The van der Waals surface area contributed by atoms with E-state index in [0.29, 0.717) is 39.0 Å². The number of rotatable bonds is 19. The Kier molecular flexibility index (Phi) is 14.7. The molecule has 0 unspecified atom stereocenters. The Bertz CT molecular complexity index is 1080. The van der Waals surface area contributed by atoms with Gasteiger partial charge in [-0.05, 0) is 54.5 Å². The van der Waals surface area contributed by atoms with Crippen molar-refractivity contribution in [3.8, 4) is 5.75 Å². The Morgan fingerprint density at radius 3 is 2.36 bits per heavy atom. The molecule has 246 valence electrons. The zero-order chi connectivity index (χ0) is 31.1. The summed E-state index contributed by atoms with van der Waals surface area (Å²) in [5, 5.41) is 10.3. The van der Waals surface area contributed by atoms with E-state index in [9.17, 15) is 5.11 Å². The molecular weight excluding hydrogens is 562 g/mol. The van der Waals surface area contributed by atoms with E-state index in [1.807, 2.05) is 0 Å². The minimum Gasteiger partial charge on any atom is -0.490 e. The third-order valence-corrected chi connectivity index (χ3v) is 8.35. The van der Waals surface area contributed by atoms with Crippen molar-refractivity contribution in [3.63, 3.8) is 0 Å². The molecule has 1 heterocycles. The molecule has 0 amide bonds. The summed E-state index contributed by atoms with van der Waals surface area (Å²) in [6.45, 7) is 8.25. The molecule has 2 aliphatic rings. The van der Waals surface area contributed by atoms with Crippen LogP contribution in [0.2, 0.25) is 0 Å². The van der Waals surface area contributed by atoms with Crippen LogP contribution in [0.1, 0.15) is 55.2 Å². The minimum absolute atomic E-state index is 0.0181. The molecule has 1 fully saturated rings. The third-order valence-electron chi connectivity index (χ3n) is 8.35. The van der Waals surface area contributed by atoms with Crippen molar-refractivity contribution < 1.29 is 38.3 Å². The maximum atomic E-state index is 10.3. The third kappa shape index (κ3) is 10.4. The number of hydrogen-bond donors (Lipinski definition) is 1. The predicted octanol–water partition coefficient (Wildman–Crippen LogP) is 4.97. The molecule has 1 N–H and O–H groups in total. The molecule has 9 nitrogen and oxygen atoms in total. The molecule has 0 aromatic heterocycles. The van der Waals surface area contributed by atoms with Crippen LogP contribution in [0.4, 0.5) is 5.69 Å². The Hall–Kier alpha value is -2.24. The standard InChI is InChI=1S/C35H53NO8/c1-26(20-39-3)21-41-22-27-9-12-29(13-10-27)35-33(7-5-8-34(35)44-25-30(37)24-40-4)43-23-28-11-14-32-31(19-28)36(16-18-42-32)15-6-17-38-2/h9-14,19,26,30,33-35,37H,5-8,15-18,20-25H2,1-4H3/t26-,30+,33-,34+,35+/m0/s1. The fourth-order valence-corrected chi connectivity index (χ4v) is 6.19. The molecule has 1 aliphatic carbocycles. The van der Waals surface area contributed by atoms with Gasteiger partial charge >= 0.3 is 0 Å². The lowest BCUT2D eigenvalue weighted by Gasteiger charge is -2.39. The first kappa shape index (κ1) is 34.6. The largest absolute Gasteiger partial charge is 0.490 e. The number of anilines is 1. The average molecular weight is 616 g/mol. The number of aliphatic hydroxyl groups excluding tert-OH is 1. The highest BCUT2D eigenvalue weighted by Gasteiger charge is 2.36. The van der Waals surface area contributed by atoms with Crippen LogP contribution in [0.25, 0.3) is 0 Å². The monoisotopic (exact) mass is 615 g/mol. The van der Waals surface area contributed by atoms with E-state index in [-0.39, 0.29) is 31.3 Å². The Morgan fingerprint density at radius 1 is 0.864 bits per heavy atom. The van der Waals surface area contributed by atoms with Crippen molar-refractivity contribution in [1.29, 1.82) is 0 Å². The van der Waals surface area contributed by atoms with Crippen LogP contribution in [-0.2, 0) is 41.6 Å². The smallest absolute Gasteiger partial charge is 0.142 e. The molecule has 2 aromatic carbocycles. The predicted molar refractivity (Wildman–Crippen MR) is 171 cm³/mol. The van der Waals surface area contributed by atoms with E-state index < -0.39 is 6.10 Å². The van der Waals surface area contributed by atoms with Gasteiger partial charge in [0.25, 0.3) is 0 Å². The highest BCUT2D eigenvalue weighted by atomic mass is 16.5. The highest BCUT2D eigenvalue weighted by molar-refractivity contribution is 5.61. The van der Waals surface area contributed by atoms with Gasteiger partial charge in [-0.25, -0.2) is 0 Å². The van der Waals surface area contributed by atoms with E-state index >= 15 is 0 Å². The molecule has 1 aliphatic heterocycles. The van der Waals surface area contributed by atoms with Gasteiger partial charge in [0.15, 0.2) is 0 Å². The van der Waals surface area contributed by atoms with Crippen molar-refractivity contribution >= 4 is 5.69 Å². The molecule has 5 atom stereocenters. The Morgan fingerprint density at radius 2 is 1.61 bits per heavy atom. The second-order valence-electron chi connectivity index (χ2n) is 12.1. The maximum absolute atomic E-state index is 10.3. The summed E-state index contributed by atoms with van der Waals surface area (Å²) in [6, 6.07) is 15.0. The zero-order valence-electron chi connectivity index (χ0n) is 27.1. The van der Waals surface area contributed by atoms with Crippen LogP contribution in [0, 0.1) is 5.92 Å². The van der Waals surface area contributed by atoms with Crippen LogP contribution in [0.3, 0.4) is 0 Å². The normalized spacial score (nSPS) is 21.5. The fourth-order valence-electron chi connectivity index (χ4n) is 6.19. The molecule has 44 heavy (non-hydrogen) atoms. The van der Waals surface area contributed by atoms with Crippen molar-refractivity contribution in [2.45, 2.75) is 70.1 Å². The van der Waals surface area contributed by atoms with E-state index in [2.05, 4.69) is 54.3 Å². The summed E-state index contributed by atoms with van der Waals surface area (Å²) in [5.41, 5.74) is 4.56. The highest BCUT2D eigenvalue weighted by Crippen LogP contribution is 2.39. The number of hydrogen-bond acceptors (Lipinski definition) is 9. The SMILES string of the molecule is COCCCN1CCOc2ccc(CO[C@H]3CCC[C@@H](OC[C@H](O)COC)[C@@H]3c3ccc(COC[C@@H](C)COC)cc3)cc21. The van der Waals surface area contributed by atoms with Gasteiger partial charge in [0.2, 0.25) is 0 Å². The van der Waals surface area contributed by atoms with Gasteiger partial charge < -0.3 is 43.2 Å². The number of aliphatic hydroxyl groups is 1.